The summed E-state index contributed by atoms with van der Waals surface area (Å²) in [4.78, 5) is 4.15. The van der Waals surface area contributed by atoms with Gasteiger partial charge in [-0.25, -0.2) is 4.39 Å². The van der Waals surface area contributed by atoms with Crippen LogP contribution in [0.4, 0.5) is 4.39 Å². The number of aliphatic hydroxyl groups is 1. The SMILES string of the molecule is CC(C)[C@H](O)c1cnc2cc(F)ccc2c1. The van der Waals surface area contributed by atoms with Crippen LogP contribution in [-0.4, -0.2) is 10.1 Å². The number of aliphatic hydroxyl groups excluding tert-OH is 1. The molecule has 0 radical (unpaired) electrons. The Balaban J connectivity index is 2.48. The normalized spacial score (nSPS) is 13.3. The Morgan fingerprint density at radius 2 is 2.00 bits per heavy atom. The lowest BCUT2D eigenvalue weighted by atomic mass is 9.99. The van der Waals surface area contributed by atoms with Crippen LogP contribution in [0.25, 0.3) is 10.9 Å². The molecule has 0 aliphatic rings. The van der Waals surface area contributed by atoms with Gasteiger partial charge in [-0.3, -0.25) is 4.98 Å². The molecular formula is C13H14FNO. The van der Waals surface area contributed by atoms with Crippen LogP contribution in [0.2, 0.25) is 0 Å². The van der Waals surface area contributed by atoms with Crippen molar-refractivity contribution in [3.05, 3.63) is 41.8 Å². The molecule has 1 aromatic heterocycles. The molecule has 0 amide bonds. The Morgan fingerprint density at radius 3 is 2.69 bits per heavy atom. The zero-order valence-corrected chi connectivity index (χ0v) is 9.31. The van der Waals surface area contributed by atoms with E-state index in [1.165, 1.54) is 12.1 Å². The van der Waals surface area contributed by atoms with E-state index in [1.54, 1.807) is 12.3 Å². The van der Waals surface area contributed by atoms with Crippen LogP contribution in [0.15, 0.2) is 30.5 Å². The van der Waals surface area contributed by atoms with Crippen molar-refractivity contribution in [1.29, 1.82) is 0 Å². The van der Waals surface area contributed by atoms with E-state index in [-0.39, 0.29) is 11.7 Å². The highest BCUT2D eigenvalue weighted by Gasteiger charge is 2.12. The van der Waals surface area contributed by atoms with Gasteiger partial charge in [-0.2, -0.15) is 0 Å². The average molecular weight is 219 g/mol. The Labute approximate surface area is 93.8 Å². The van der Waals surface area contributed by atoms with Gasteiger partial charge in [0.05, 0.1) is 11.6 Å². The number of nitrogens with zero attached hydrogens (tertiary/aromatic N) is 1. The summed E-state index contributed by atoms with van der Waals surface area (Å²) in [6.45, 7) is 3.89. The van der Waals surface area contributed by atoms with E-state index in [9.17, 15) is 9.50 Å². The lowest BCUT2D eigenvalue weighted by molar-refractivity contribution is 0.126. The zero-order chi connectivity index (χ0) is 11.7. The Morgan fingerprint density at radius 1 is 1.25 bits per heavy atom. The second-order valence-electron chi connectivity index (χ2n) is 4.29. The van der Waals surface area contributed by atoms with Crippen LogP contribution in [-0.2, 0) is 0 Å². The maximum Gasteiger partial charge on any atom is 0.125 e. The van der Waals surface area contributed by atoms with Gasteiger partial charge in [-0.05, 0) is 29.7 Å². The van der Waals surface area contributed by atoms with E-state index in [4.69, 9.17) is 0 Å². The predicted molar refractivity (Wildman–Crippen MR) is 61.5 cm³/mol. The third-order valence-electron chi connectivity index (χ3n) is 2.64. The summed E-state index contributed by atoms with van der Waals surface area (Å²) >= 11 is 0. The summed E-state index contributed by atoms with van der Waals surface area (Å²) in [6, 6.07) is 6.32. The summed E-state index contributed by atoms with van der Waals surface area (Å²) < 4.78 is 12.9. The summed E-state index contributed by atoms with van der Waals surface area (Å²) in [6.07, 6.45) is 1.08. The second kappa shape index (κ2) is 4.18. The monoisotopic (exact) mass is 219 g/mol. The van der Waals surface area contributed by atoms with E-state index in [0.29, 0.717) is 5.52 Å². The number of hydrogen-bond acceptors (Lipinski definition) is 2. The van der Waals surface area contributed by atoms with Crippen molar-refractivity contribution in [2.45, 2.75) is 20.0 Å². The summed E-state index contributed by atoms with van der Waals surface area (Å²) in [5.74, 6) is -0.156. The highest BCUT2D eigenvalue weighted by Crippen LogP contribution is 2.23. The molecule has 1 aromatic carbocycles. The first-order valence-electron chi connectivity index (χ1n) is 5.31. The van der Waals surface area contributed by atoms with Crippen molar-refractivity contribution in [2.75, 3.05) is 0 Å². The van der Waals surface area contributed by atoms with Gasteiger partial charge in [-0.15, -0.1) is 0 Å². The quantitative estimate of drug-likeness (QED) is 0.842. The van der Waals surface area contributed by atoms with Gasteiger partial charge in [0.15, 0.2) is 0 Å². The Hall–Kier alpha value is -1.48. The average Bonchev–Trinajstić information content (AvgIpc) is 2.27. The van der Waals surface area contributed by atoms with E-state index in [2.05, 4.69) is 4.98 Å². The molecule has 1 N–H and O–H groups in total. The second-order valence-corrected chi connectivity index (χ2v) is 4.29. The third kappa shape index (κ3) is 2.04. The Bertz CT molecular complexity index is 510. The smallest absolute Gasteiger partial charge is 0.125 e. The first-order chi connectivity index (χ1) is 7.58. The van der Waals surface area contributed by atoms with Crippen molar-refractivity contribution in [3.63, 3.8) is 0 Å². The van der Waals surface area contributed by atoms with Crippen molar-refractivity contribution >= 4 is 10.9 Å². The van der Waals surface area contributed by atoms with Gasteiger partial charge in [0.2, 0.25) is 0 Å². The standard InChI is InChI=1S/C13H14FNO/c1-8(2)13(16)10-5-9-3-4-11(14)6-12(9)15-7-10/h3-8,13,16H,1-2H3/t13-/m0/s1. The van der Waals surface area contributed by atoms with Gasteiger partial charge in [0.25, 0.3) is 0 Å². The molecule has 2 nitrogen and oxygen atoms in total. The van der Waals surface area contributed by atoms with Crippen molar-refractivity contribution in [2.24, 2.45) is 5.92 Å². The highest BCUT2D eigenvalue weighted by molar-refractivity contribution is 5.78. The van der Waals surface area contributed by atoms with Crippen molar-refractivity contribution in [3.8, 4) is 0 Å². The fourth-order valence-electron chi connectivity index (χ4n) is 1.66. The van der Waals surface area contributed by atoms with E-state index in [0.717, 1.165) is 10.9 Å². The van der Waals surface area contributed by atoms with Crippen molar-refractivity contribution in [1.82, 2.24) is 4.98 Å². The minimum Gasteiger partial charge on any atom is -0.388 e. The summed E-state index contributed by atoms with van der Waals surface area (Å²) in [5.41, 5.74) is 1.38. The van der Waals surface area contributed by atoms with Crippen molar-refractivity contribution < 1.29 is 9.50 Å². The van der Waals surface area contributed by atoms with E-state index >= 15 is 0 Å². The molecule has 0 spiro atoms. The number of pyridine rings is 1. The molecule has 16 heavy (non-hydrogen) atoms. The van der Waals surface area contributed by atoms with E-state index < -0.39 is 6.10 Å². The number of halogens is 1. The molecule has 0 saturated carbocycles. The molecule has 3 heteroatoms. The number of hydrogen-bond donors (Lipinski definition) is 1. The molecule has 0 bridgehead atoms. The molecule has 2 rings (SSSR count). The maximum atomic E-state index is 12.9. The third-order valence-corrected chi connectivity index (χ3v) is 2.64. The highest BCUT2D eigenvalue weighted by atomic mass is 19.1. The molecule has 2 aromatic rings. The topological polar surface area (TPSA) is 33.1 Å². The molecular weight excluding hydrogens is 205 g/mol. The molecule has 0 aliphatic heterocycles. The summed E-state index contributed by atoms with van der Waals surface area (Å²) in [5, 5.41) is 10.7. The Kier molecular flexibility index (Phi) is 2.88. The maximum absolute atomic E-state index is 12.9. The fourth-order valence-corrected chi connectivity index (χ4v) is 1.66. The minimum atomic E-state index is -0.526. The lowest BCUT2D eigenvalue weighted by Gasteiger charge is -2.14. The lowest BCUT2D eigenvalue weighted by Crippen LogP contribution is -2.05. The largest absolute Gasteiger partial charge is 0.388 e. The van der Waals surface area contributed by atoms with Crippen LogP contribution in [0.5, 0.6) is 0 Å². The molecule has 0 fully saturated rings. The zero-order valence-electron chi connectivity index (χ0n) is 9.31. The molecule has 84 valence electrons. The van der Waals surface area contributed by atoms with Crippen LogP contribution >= 0.6 is 0 Å². The number of benzene rings is 1. The summed E-state index contributed by atoms with van der Waals surface area (Å²) in [7, 11) is 0. The minimum absolute atomic E-state index is 0.139. The van der Waals surface area contributed by atoms with E-state index in [1.807, 2.05) is 19.9 Å². The van der Waals surface area contributed by atoms with Crippen LogP contribution < -0.4 is 0 Å². The first-order valence-corrected chi connectivity index (χ1v) is 5.31. The van der Waals surface area contributed by atoms with Crippen LogP contribution in [0.1, 0.15) is 25.5 Å². The molecule has 0 saturated heterocycles. The molecule has 1 atom stereocenters. The molecule has 0 aliphatic carbocycles. The molecule has 1 heterocycles. The first kappa shape index (κ1) is 11.0. The number of fused-ring (bicyclic) bond motifs is 1. The fraction of sp³-hybridized carbons (Fsp3) is 0.308. The molecule has 0 unspecified atom stereocenters. The van der Waals surface area contributed by atoms with Crippen LogP contribution in [0.3, 0.4) is 0 Å². The van der Waals surface area contributed by atoms with Gasteiger partial charge in [-0.1, -0.05) is 13.8 Å². The van der Waals surface area contributed by atoms with Crippen LogP contribution in [0, 0.1) is 11.7 Å². The van der Waals surface area contributed by atoms with Gasteiger partial charge < -0.3 is 5.11 Å². The van der Waals surface area contributed by atoms with Gasteiger partial charge in [0, 0.05) is 17.6 Å². The van der Waals surface area contributed by atoms with Gasteiger partial charge in [0.1, 0.15) is 5.82 Å². The number of aromatic nitrogens is 1. The predicted octanol–water partition coefficient (Wildman–Crippen LogP) is 3.06. The van der Waals surface area contributed by atoms with Gasteiger partial charge >= 0.3 is 0 Å². The number of rotatable bonds is 2.